The van der Waals surface area contributed by atoms with Gasteiger partial charge in [-0.3, -0.25) is 0 Å². The molecule has 2 N–H and O–H groups in total. The quantitative estimate of drug-likeness (QED) is 0.827. The average Bonchev–Trinajstić information content (AvgIpc) is 2.76. The number of benzene rings is 1. The van der Waals surface area contributed by atoms with Crippen LogP contribution < -0.4 is 10.5 Å². The Balaban J connectivity index is 1.94. The predicted molar refractivity (Wildman–Crippen MR) is 66.7 cm³/mol. The first-order valence-corrected chi connectivity index (χ1v) is 6.07. The van der Waals surface area contributed by atoms with Gasteiger partial charge in [0.2, 0.25) is 0 Å². The molecule has 16 heavy (non-hydrogen) atoms. The third kappa shape index (κ3) is 2.73. The minimum atomic E-state index is 0.539. The van der Waals surface area contributed by atoms with Gasteiger partial charge in [-0.2, -0.15) is 0 Å². The van der Waals surface area contributed by atoms with E-state index in [0.29, 0.717) is 6.61 Å². The largest absolute Gasteiger partial charge is 0.465 e. The normalized spacial score (nSPS) is 10.3. The lowest BCUT2D eigenvalue weighted by Gasteiger charge is -2.02. The number of ether oxygens (including phenoxy) is 1. The number of aromatic nitrogens is 1. The van der Waals surface area contributed by atoms with Crippen molar-refractivity contribution < 1.29 is 4.74 Å². The molecule has 0 unspecified atom stereocenters. The summed E-state index contributed by atoms with van der Waals surface area (Å²) in [5, 5.41) is 2.76. The number of nitrogens with two attached hydrogens (primary N) is 1. The monoisotopic (exact) mass is 234 g/mol. The number of nitrogens with zero attached hydrogens (tertiary/aromatic N) is 1. The SMILES string of the molecule is CCc1csc(OCc2ccc(N)cc2)n1. The van der Waals surface area contributed by atoms with Crippen LogP contribution in [0.2, 0.25) is 0 Å². The van der Waals surface area contributed by atoms with E-state index >= 15 is 0 Å². The van der Waals surface area contributed by atoms with Crippen molar-refractivity contribution in [3.8, 4) is 5.19 Å². The molecule has 2 rings (SSSR count). The van der Waals surface area contributed by atoms with Crippen LogP contribution in [0.25, 0.3) is 0 Å². The third-order valence-corrected chi connectivity index (χ3v) is 3.04. The number of aryl methyl sites for hydroxylation is 1. The van der Waals surface area contributed by atoms with Crippen LogP contribution >= 0.6 is 11.3 Å². The van der Waals surface area contributed by atoms with Crippen LogP contribution in [-0.4, -0.2) is 4.98 Å². The van der Waals surface area contributed by atoms with E-state index in [0.717, 1.165) is 28.6 Å². The summed E-state index contributed by atoms with van der Waals surface area (Å²) in [5.41, 5.74) is 8.55. The zero-order valence-electron chi connectivity index (χ0n) is 9.14. The lowest BCUT2D eigenvalue weighted by Crippen LogP contribution is -1.95. The first-order valence-electron chi connectivity index (χ1n) is 5.19. The highest BCUT2D eigenvalue weighted by Crippen LogP contribution is 2.19. The van der Waals surface area contributed by atoms with Crippen LogP contribution in [0.15, 0.2) is 29.6 Å². The first-order chi connectivity index (χ1) is 7.78. The molecule has 0 radical (unpaired) electrons. The average molecular weight is 234 g/mol. The zero-order chi connectivity index (χ0) is 11.4. The van der Waals surface area contributed by atoms with Crippen LogP contribution in [0.5, 0.6) is 5.19 Å². The molecule has 2 aromatic rings. The van der Waals surface area contributed by atoms with E-state index in [4.69, 9.17) is 10.5 Å². The van der Waals surface area contributed by atoms with Crippen molar-refractivity contribution in [1.82, 2.24) is 4.98 Å². The number of nitrogen functional groups attached to an aromatic ring is 1. The van der Waals surface area contributed by atoms with Crippen LogP contribution in [0.1, 0.15) is 18.2 Å². The van der Waals surface area contributed by atoms with E-state index in [1.807, 2.05) is 29.6 Å². The van der Waals surface area contributed by atoms with Crippen molar-refractivity contribution in [2.24, 2.45) is 0 Å². The molecule has 0 aliphatic rings. The fourth-order valence-corrected chi connectivity index (χ4v) is 2.03. The standard InChI is InChI=1S/C12H14N2OS/c1-2-11-8-16-12(14-11)15-7-9-3-5-10(13)6-4-9/h3-6,8H,2,7,13H2,1H3. The molecule has 0 spiro atoms. The summed E-state index contributed by atoms with van der Waals surface area (Å²) >= 11 is 1.54. The van der Waals surface area contributed by atoms with Crippen LogP contribution in [0, 0.1) is 0 Å². The maximum absolute atomic E-state index is 5.60. The molecular formula is C12H14N2OS. The highest BCUT2D eigenvalue weighted by molar-refractivity contribution is 7.11. The molecule has 0 aliphatic carbocycles. The Bertz CT molecular complexity index is 450. The molecule has 84 valence electrons. The van der Waals surface area contributed by atoms with Crippen LogP contribution in [0.4, 0.5) is 5.69 Å². The highest BCUT2D eigenvalue weighted by Gasteiger charge is 2.01. The van der Waals surface area contributed by atoms with Gasteiger partial charge in [0, 0.05) is 11.1 Å². The van der Waals surface area contributed by atoms with Crippen molar-refractivity contribution in [3.63, 3.8) is 0 Å². The Labute approximate surface area is 98.9 Å². The lowest BCUT2D eigenvalue weighted by atomic mass is 10.2. The molecule has 0 amide bonds. The zero-order valence-corrected chi connectivity index (χ0v) is 9.96. The van der Waals surface area contributed by atoms with Crippen LogP contribution in [0.3, 0.4) is 0 Å². The number of rotatable bonds is 4. The van der Waals surface area contributed by atoms with Gasteiger partial charge in [0.1, 0.15) is 6.61 Å². The first kappa shape index (κ1) is 11.0. The topological polar surface area (TPSA) is 48.1 Å². The molecule has 1 aromatic carbocycles. The second-order valence-corrected chi connectivity index (χ2v) is 4.31. The summed E-state index contributed by atoms with van der Waals surface area (Å²) in [5.74, 6) is 0. The Kier molecular flexibility index (Phi) is 3.41. The van der Waals surface area contributed by atoms with Crippen molar-refractivity contribution in [3.05, 3.63) is 40.9 Å². The second-order valence-electron chi connectivity index (χ2n) is 3.49. The number of hydrogen-bond donors (Lipinski definition) is 1. The number of anilines is 1. The number of hydrogen-bond acceptors (Lipinski definition) is 4. The Morgan fingerprint density at radius 1 is 1.31 bits per heavy atom. The van der Waals surface area contributed by atoms with E-state index in [9.17, 15) is 0 Å². The highest BCUT2D eigenvalue weighted by atomic mass is 32.1. The summed E-state index contributed by atoms with van der Waals surface area (Å²) < 4.78 is 5.58. The summed E-state index contributed by atoms with van der Waals surface area (Å²) in [6.07, 6.45) is 0.946. The molecular weight excluding hydrogens is 220 g/mol. The van der Waals surface area contributed by atoms with Gasteiger partial charge >= 0.3 is 0 Å². The van der Waals surface area contributed by atoms with Gasteiger partial charge in [0.15, 0.2) is 0 Å². The molecule has 0 aliphatic heterocycles. The smallest absolute Gasteiger partial charge is 0.273 e. The number of thiazole rings is 1. The fraction of sp³-hybridized carbons (Fsp3) is 0.250. The third-order valence-electron chi connectivity index (χ3n) is 2.23. The molecule has 0 saturated carbocycles. The predicted octanol–water partition coefficient (Wildman–Crippen LogP) is 2.87. The molecule has 4 heteroatoms. The van der Waals surface area contributed by atoms with Gasteiger partial charge in [0.25, 0.3) is 5.19 Å². The lowest BCUT2D eigenvalue weighted by molar-refractivity contribution is 0.304. The Hall–Kier alpha value is -1.55. The molecule has 0 fully saturated rings. The minimum absolute atomic E-state index is 0.539. The van der Waals surface area contributed by atoms with E-state index in [2.05, 4.69) is 11.9 Å². The van der Waals surface area contributed by atoms with Crippen LogP contribution in [-0.2, 0) is 13.0 Å². The second kappa shape index (κ2) is 4.99. The summed E-state index contributed by atoms with van der Waals surface area (Å²) in [7, 11) is 0. The van der Waals surface area contributed by atoms with E-state index in [1.54, 1.807) is 0 Å². The molecule has 0 bridgehead atoms. The van der Waals surface area contributed by atoms with Gasteiger partial charge in [0.05, 0.1) is 5.69 Å². The Morgan fingerprint density at radius 2 is 2.06 bits per heavy atom. The van der Waals surface area contributed by atoms with Crippen molar-refractivity contribution in [2.45, 2.75) is 20.0 Å². The Morgan fingerprint density at radius 3 is 2.69 bits per heavy atom. The fourth-order valence-electron chi connectivity index (χ4n) is 1.28. The summed E-state index contributed by atoms with van der Waals surface area (Å²) in [6.45, 7) is 2.62. The van der Waals surface area contributed by atoms with Gasteiger partial charge in [-0.1, -0.05) is 30.4 Å². The summed E-state index contributed by atoms with van der Waals surface area (Å²) in [6, 6.07) is 7.67. The van der Waals surface area contributed by atoms with Crippen molar-refractivity contribution in [1.29, 1.82) is 0 Å². The van der Waals surface area contributed by atoms with E-state index < -0.39 is 0 Å². The van der Waals surface area contributed by atoms with Gasteiger partial charge in [-0.15, -0.1) is 0 Å². The molecule has 0 saturated heterocycles. The maximum Gasteiger partial charge on any atom is 0.273 e. The van der Waals surface area contributed by atoms with Gasteiger partial charge in [-0.25, -0.2) is 4.98 Å². The minimum Gasteiger partial charge on any atom is -0.465 e. The van der Waals surface area contributed by atoms with E-state index in [1.165, 1.54) is 11.3 Å². The van der Waals surface area contributed by atoms with Gasteiger partial charge in [-0.05, 0) is 24.1 Å². The van der Waals surface area contributed by atoms with Crippen molar-refractivity contribution in [2.75, 3.05) is 5.73 Å². The molecule has 3 nitrogen and oxygen atoms in total. The van der Waals surface area contributed by atoms with Gasteiger partial charge < -0.3 is 10.5 Å². The molecule has 1 aromatic heterocycles. The molecule has 0 atom stereocenters. The van der Waals surface area contributed by atoms with E-state index in [-0.39, 0.29) is 0 Å². The summed E-state index contributed by atoms with van der Waals surface area (Å²) in [4.78, 5) is 4.33. The maximum atomic E-state index is 5.60. The van der Waals surface area contributed by atoms with Crippen molar-refractivity contribution >= 4 is 17.0 Å². The molecule has 1 heterocycles.